The van der Waals surface area contributed by atoms with Crippen molar-refractivity contribution in [3.8, 4) is 0 Å². The molecule has 56 heavy (non-hydrogen) atoms. The maximum Gasteiger partial charge on any atom is 0.313 e. The van der Waals surface area contributed by atoms with E-state index in [4.69, 9.17) is 9.47 Å². The first-order valence-electron chi connectivity index (χ1n) is 21.5. The standard InChI is InChI=1S/C49H63NO6/c1-44-24-25-45(2,42(53)56-40(32-14-10-8-11-15-32)33-16-12-9-13-17-33)31-36(44)35-30-37(52)41-46(3)22-19-39(50-28-20-34(51)21-29-50)49(6,43(54)55-7)38(46)18-23-48(41,5)47(35,4)27-26-44/h8-17,30,36,38-41H,18-29,31H2,1-7H3/t36-,38+,39-,41+,44+,45-,46-,47+,48+,49-/m0/s1. The van der Waals surface area contributed by atoms with Crippen molar-refractivity contribution in [1.29, 1.82) is 0 Å². The second-order valence-corrected chi connectivity index (χ2v) is 20.3. The maximum absolute atomic E-state index is 15.2. The predicted molar refractivity (Wildman–Crippen MR) is 216 cm³/mol. The summed E-state index contributed by atoms with van der Waals surface area (Å²) in [4.78, 5) is 58.5. The SMILES string of the molecule is COC(=O)[C@]1(C)[C@@H](N2CCC(=O)CC2)CC[C@@]2(C)[C@H]1CC[C@]1(C)[C@@H]2C(=O)C=C2[C@@H]3C[C@@](C)(C(=O)OC(c4ccccc4)c4ccccc4)CC[C@]3(C)CC[C@]21C. The van der Waals surface area contributed by atoms with Gasteiger partial charge in [-0.1, -0.05) is 93.9 Å². The van der Waals surface area contributed by atoms with E-state index in [0.29, 0.717) is 38.1 Å². The number of methoxy groups -OCH3 is 1. The van der Waals surface area contributed by atoms with E-state index in [2.05, 4.69) is 46.4 Å². The Kier molecular flexibility index (Phi) is 9.65. The number of carbonyl (C=O) groups excluding carboxylic acids is 4. The lowest BCUT2D eigenvalue weighted by Gasteiger charge is -2.70. The third-order valence-corrected chi connectivity index (χ3v) is 17.6. The van der Waals surface area contributed by atoms with Crippen molar-refractivity contribution in [2.45, 2.75) is 124 Å². The Labute approximate surface area is 334 Å². The number of Topliss-reactive ketones (excluding diaryl/α,β-unsaturated/α-hetero) is 1. The van der Waals surface area contributed by atoms with Gasteiger partial charge in [-0.2, -0.15) is 0 Å². The number of likely N-dealkylation sites (tertiary alicyclic amines) is 1. The van der Waals surface area contributed by atoms with Crippen LogP contribution in [0.5, 0.6) is 0 Å². The molecule has 0 unspecified atom stereocenters. The highest BCUT2D eigenvalue weighted by atomic mass is 16.5. The highest BCUT2D eigenvalue weighted by Crippen LogP contribution is 2.75. The normalized spacial score (nSPS) is 41.0. The van der Waals surface area contributed by atoms with Gasteiger partial charge in [-0.05, 0) is 122 Å². The van der Waals surface area contributed by atoms with E-state index < -0.39 is 22.3 Å². The van der Waals surface area contributed by atoms with Gasteiger partial charge in [0.15, 0.2) is 11.9 Å². The highest BCUT2D eigenvalue weighted by Gasteiger charge is 2.72. The van der Waals surface area contributed by atoms with E-state index in [0.717, 1.165) is 62.5 Å². The van der Waals surface area contributed by atoms with Crippen molar-refractivity contribution in [3.05, 3.63) is 83.4 Å². The molecule has 300 valence electrons. The molecule has 7 nitrogen and oxygen atoms in total. The van der Waals surface area contributed by atoms with Crippen LogP contribution in [-0.4, -0.2) is 54.6 Å². The summed E-state index contributed by atoms with van der Waals surface area (Å²) in [6.45, 7) is 15.1. The summed E-state index contributed by atoms with van der Waals surface area (Å²) >= 11 is 0. The van der Waals surface area contributed by atoms with Gasteiger partial charge < -0.3 is 9.47 Å². The van der Waals surface area contributed by atoms with Gasteiger partial charge in [0.2, 0.25) is 0 Å². The van der Waals surface area contributed by atoms with Gasteiger partial charge in [0.1, 0.15) is 5.78 Å². The summed E-state index contributed by atoms with van der Waals surface area (Å²) in [5.41, 5.74) is 0.734. The molecule has 1 aliphatic heterocycles. The number of hydrogen-bond donors (Lipinski definition) is 0. The van der Waals surface area contributed by atoms with Crippen molar-refractivity contribution < 1.29 is 28.7 Å². The molecule has 0 bridgehead atoms. The zero-order chi connectivity index (χ0) is 39.9. The first kappa shape index (κ1) is 39.3. The molecular formula is C49H63NO6. The monoisotopic (exact) mass is 761 g/mol. The molecule has 2 aromatic carbocycles. The molecule has 8 rings (SSSR count). The smallest absolute Gasteiger partial charge is 0.313 e. The Morgan fingerprint density at radius 1 is 0.750 bits per heavy atom. The molecule has 0 N–H and O–H groups in total. The number of benzene rings is 2. The third kappa shape index (κ3) is 5.74. The number of piperidine rings is 1. The van der Waals surface area contributed by atoms with Gasteiger partial charge in [0.25, 0.3) is 0 Å². The molecule has 7 heteroatoms. The third-order valence-electron chi connectivity index (χ3n) is 17.6. The quantitative estimate of drug-likeness (QED) is 0.271. The molecule has 0 amide bonds. The molecule has 1 saturated heterocycles. The summed E-state index contributed by atoms with van der Waals surface area (Å²) in [6.07, 6.45) is 10.4. The van der Waals surface area contributed by atoms with E-state index in [9.17, 15) is 14.4 Å². The van der Waals surface area contributed by atoms with Crippen molar-refractivity contribution in [1.82, 2.24) is 4.90 Å². The lowest BCUT2D eigenvalue weighted by atomic mass is 9.33. The van der Waals surface area contributed by atoms with Crippen LogP contribution in [-0.2, 0) is 28.7 Å². The van der Waals surface area contributed by atoms with Crippen LogP contribution in [0.3, 0.4) is 0 Å². The van der Waals surface area contributed by atoms with Crippen molar-refractivity contribution >= 4 is 23.5 Å². The van der Waals surface area contributed by atoms with Gasteiger partial charge in [-0.15, -0.1) is 0 Å². The van der Waals surface area contributed by atoms with E-state index in [1.807, 2.05) is 66.7 Å². The molecule has 0 radical (unpaired) electrons. The molecule has 10 atom stereocenters. The van der Waals surface area contributed by atoms with Crippen LogP contribution in [0.1, 0.15) is 129 Å². The number of fused-ring (bicyclic) bond motifs is 7. The van der Waals surface area contributed by atoms with Crippen LogP contribution < -0.4 is 0 Å². The zero-order valence-corrected chi connectivity index (χ0v) is 34.8. The molecule has 2 aromatic rings. The summed E-state index contributed by atoms with van der Waals surface area (Å²) in [7, 11) is 1.50. The largest absolute Gasteiger partial charge is 0.469 e. The van der Waals surface area contributed by atoms with Gasteiger partial charge in [-0.3, -0.25) is 24.1 Å². The van der Waals surface area contributed by atoms with Gasteiger partial charge in [0.05, 0.1) is 17.9 Å². The van der Waals surface area contributed by atoms with Gasteiger partial charge in [0, 0.05) is 37.9 Å². The number of ether oxygens (including phenoxy) is 2. The topological polar surface area (TPSA) is 90.0 Å². The van der Waals surface area contributed by atoms with Crippen molar-refractivity contribution in [2.24, 2.45) is 50.2 Å². The number of allylic oxidation sites excluding steroid dienone is 2. The number of esters is 2. The fourth-order valence-corrected chi connectivity index (χ4v) is 14.0. The van der Waals surface area contributed by atoms with Crippen LogP contribution in [0.25, 0.3) is 0 Å². The lowest BCUT2D eigenvalue weighted by molar-refractivity contribution is -0.210. The molecule has 5 fully saturated rings. The molecule has 0 aromatic heterocycles. The average Bonchev–Trinajstić information content (AvgIpc) is 3.19. The van der Waals surface area contributed by atoms with E-state index in [1.54, 1.807) is 0 Å². The van der Waals surface area contributed by atoms with Gasteiger partial charge in [-0.25, -0.2) is 0 Å². The second kappa shape index (κ2) is 13.8. The fraction of sp³-hybridized carbons (Fsp3) is 0.633. The van der Waals surface area contributed by atoms with E-state index in [-0.39, 0.29) is 57.8 Å². The number of carbonyl (C=O) groups is 4. The first-order valence-corrected chi connectivity index (χ1v) is 21.5. The predicted octanol–water partition coefficient (Wildman–Crippen LogP) is 9.49. The molecule has 1 heterocycles. The number of ketones is 2. The van der Waals surface area contributed by atoms with Crippen LogP contribution in [0, 0.1) is 50.2 Å². The van der Waals surface area contributed by atoms with Crippen LogP contribution in [0.15, 0.2) is 72.3 Å². The second-order valence-electron chi connectivity index (χ2n) is 20.3. The summed E-state index contributed by atoms with van der Waals surface area (Å²) < 4.78 is 12.2. The molecule has 6 aliphatic rings. The first-order chi connectivity index (χ1) is 26.5. The minimum absolute atomic E-state index is 0.00861. The summed E-state index contributed by atoms with van der Waals surface area (Å²) in [6, 6.07) is 20.0. The molecule has 0 spiro atoms. The number of rotatable bonds is 6. The van der Waals surface area contributed by atoms with Crippen molar-refractivity contribution in [2.75, 3.05) is 20.2 Å². The number of nitrogens with zero attached hydrogens (tertiary/aromatic N) is 1. The molecular weight excluding hydrogens is 699 g/mol. The Morgan fingerprint density at radius 2 is 1.36 bits per heavy atom. The number of hydrogen-bond acceptors (Lipinski definition) is 7. The van der Waals surface area contributed by atoms with E-state index in [1.165, 1.54) is 12.7 Å². The zero-order valence-electron chi connectivity index (χ0n) is 34.8. The lowest BCUT2D eigenvalue weighted by Crippen LogP contribution is -2.69. The fourth-order valence-electron chi connectivity index (χ4n) is 14.0. The highest BCUT2D eigenvalue weighted by molar-refractivity contribution is 5.96. The Morgan fingerprint density at radius 3 is 1.96 bits per heavy atom. The summed E-state index contributed by atoms with van der Waals surface area (Å²) in [5.74, 6) is -0.0192. The Hall–Kier alpha value is -3.58. The van der Waals surface area contributed by atoms with Crippen LogP contribution in [0.4, 0.5) is 0 Å². The van der Waals surface area contributed by atoms with Crippen molar-refractivity contribution in [3.63, 3.8) is 0 Å². The maximum atomic E-state index is 15.2. The van der Waals surface area contributed by atoms with E-state index >= 15 is 4.79 Å². The average molecular weight is 762 g/mol. The Balaban J connectivity index is 1.12. The Bertz CT molecular complexity index is 1880. The van der Waals surface area contributed by atoms with Gasteiger partial charge >= 0.3 is 11.9 Å². The minimum atomic E-state index is -0.789. The minimum Gasteiger partial charge on any atom is -0.469 e. The molecule has 4 saturated carbocycles. The van der Waals surface area contributed by atoms with Crippen LogP contribution >= 0.6 is 0 Å². The summed E-state index contributed by atoms with van der Waals surface area (Å²) in [5, 5.41) is 0. The molecule has 5 aliphatic carbocycles. The van der Waals surface area contributed by atoms with Crippen LogP contribution in [0.2, 0.25) is 0 Å².